The molecular weight excluding hydrogens is 598 g/mol. The summed E-state index contributed by atoms with van der Waals surface area (Å²) < 4.78 is 40.9. The van der Waals surface area contributed by atoms with Gasteiger partial charge in [0.05, 0.1) is 17.9 Å². The number of benzene rings is 2. The Morgan fingerprint density at radius 3 is 2.57 bits per heavy atom. The number of carbonyl (C=O) groups excluding carboxylic acids is 2. The minimum Gasteiger partial charge on any atom is -0.497 e. The molecule has 12 heteroatoms. The number of methoxy groups -OCH3 is 1. The van der Waals surface area contributed by atoms with Crippen LogP contribution < -0.4 is 14.8 Å². The Labute approximate surface area is 254 Å². The Balaban J connectivity index is 1.30. The van der Waals surface area contributed by atoms with E-state index >= 15 is 0 Å². The number of amides is 2. The van der Waals surface area contributed by atoms with Crippen LogP contribution in [0.5, 0.6) is 11.5 Å². The average molecular weight is 630 g/mol. The van der Waals surface area contributed by atoms with Crippen LogP contribution in [0.1, 0.15) is 30.4 Å². The smallest absolute Gasteiger partial charge is 0.252 e. The molecule has 1 saturated heterocycles. The van der Waals surface area contributed by atoms with E-state index in [0.717, 1.165) is 35.5 Å². The summed E-state index contributed by atoms with van der Waals surface area (Å²) in [5, 5.41) is 2.97. The topological polar surface area (TPSA) is 105 Å². The third-order valence-corrected chi connectivity index (χ3v) is 11.6. The standard InChI is InChI=1S/C30H32ClN3O6S2/c1-39-24-7-2-19(3-8-24)16-33-17-22-18-34(42(37,38)29-11-10-27(31)41-29)13-12-26(22)40-25-9-6-23(14-21(25)15-28(33)35)32-30(36)20-4-5-20/h2-3,6-11,14,20,22,26H,4-5,12-13,15-18H2,1H3,(H,32,36)/t22-,26+/m1/s1. The van der Waals surface area contributed by atoms with Crippen LogP contribution in [0.15, 0.2) is 58.8 Å². The van der Waals surface area contributed by atoms with Gasteiger partial charge in [-0.1, -0.05) is 23.7 Å². The van der Waals surface area contributed by atoms with Crippen molar-refractivity contribution in [2.45, 2.75) is 42.5 Å². The number of nitrogens with zero attached hydrogens (tertiary/aromatic N) is 2. The molecule has 0 radical (unpaired) electrons. The maximum Gasteiger partial charge on any atom is 0.252 e. The molecule has 0 unspecified atom stereocenters. The molecule has 0 bridgehead atoms. The summed E-state index contributed by atoms with van der Waals surface area (Å²) in [5.41, 5.74) is 2.26. The van der Waals surface area contributed by atoms with E-state index in [4.69, 9.17) is 21.1 Å². The van der Waals surface area contributed by atoms with Crippen LogP contribution in [-0.2, 0) is 32.6 Å². The molecule has 3 heterocycles. The number of ether oxygens (including phenoxy) is 2. The second kappa shape index (κ2) is 11.9. The molecule has 2 amide bonds. The Morgan fingerprint density at radius 2 is 1.88 bits per heavy atom. The Hall–Kier alpha value is -3.12. The number of halogens is 1. The molecule has 2 aromatic carbocycles. The van der Waals surface area contributed by atoms with Crippen molar-refractivity contribution in [2.75, 3.05) is 32.1 Å². The molecular formula is C30H32ClN3O6S2. The lowest BCUT2D eigenvalue weighted by Gasteiger charge is -2.39. The molecule has 9 nitrogen and oxygen atoms in total. The molecule has 222 valence electrons. The first kappa shape index (κ1) is 29.0. The zero-order chi connectivity index (χ0) is 29.4. The lowest BCUT2D eigenvalue weighted by atomic mass is 9.95. The number of carbonyl (C=O) groups is 2. The van der Waals surface area contributed by atoms with Crippen molar-refractivity contribution in [3.8, 4) is 11.5 Å². The van der Waals surface area contributed by atoms with Crippen LogP contribution in [0.3, 0.4) is 0 Å². The predicted molar refractivity (Wildman–Crippen MR) is 161 cm³/mol. The van der Waals surface area contributed by atoms with Crippen LogP contribution in [-0.4, -0.2) is 62.3 Å². The van der Waals surface area contributed by atoms with Crippen LogP contribution in [0.2, 0.25) is 4.34 Å². The minimum absolute atomic E-state index is 0.00735. The van der Waals surface area contributed by atoms with E-state index in [2.05, 4.69) is 5.32 Å². The van der Waals surface area contributed by atoms with Gasteiger partial charge in [-0.05, 0) is 67.3 Å². The van der Waals surface area contributed by atoms with Gasteiger partial charge in [0.2, 0.25) is 11.8 Å². The summed E-state index contributed by atoms with van der Waals surface area (Å²) in [4.78, 5) is 28.0. The van der Waals surface area contributed by atoms with Gasteiger partial charge in [-0.3, -0.25) is 9.59 Å². The van der Waals surface area contributed by atoms with Crippen molar-refractivity contribution in [2.24, 2.45) is 11.8 Å². The number of hydrogen-bond donors (Lipinski definition) is 1. The third-order valence-electron chi connectivity index (χ3n) is 8.01. The molecule has 2 atom stereocenters. The van der Waals surface area contributed by atoms with Crippen LogP contribution >= 0.6 is 22.9 Å². The van der Waals surface area contributed by atoms with E-state index in [1.54, 1.807) is 30.2 Å². The summed E-state index contributed by atoms with van der Waals surface area (Å²) in [6.45, 7) is 1.18. The fourth-order valence-corrected chi connectivity index (χ4v) is 8.67. The first-order valence-corrected chi connectivity index (χ1v) is 16.6. The van der Waals surface area contributed by atoms with Gasteiger partial charge in [-0.2, -0.15) is 4.31 Å². The average Bonchev–Trinajstić information content (AvgIpc) is 3.73. The number of rotatable bonds is 7. The van der Waals surface area contributed by atoms with Crippen molar-refractivity contribution in [3.05, 3.63) is 70.1 Å². The molecule has 2 aliphatic heterocycles. The highest BCUT2D eigenvalue weighted by molar-refractivity contribution is 7.91. The molecule has 42 heavy (non-hydrogen) atoms. The number of fused-ring (bicyclic) bond motifs is 2. The number of piperidine rings is 1. The highest BCUT2D eigenvalue weighted by Crippen LogP contribution is 2.36. The molecule has 1 saturated carbocycles. The fraction of sp³-hybridized carbons (Fsp3) is 0.400. The second-order valence-electron chi connectivity index (χ2n) is 11.0. The van der Waals surface area contributed by atoms with Gasteiger partial charge in [0.15, 0.2) is 0 Å². The van der Waals surface area contributed by atoms with Crippen LogP contribution in [0, 0.1) is 11.8 Å². The molecule has 6 rings (SSSR count). The van der Waals surface area contributed by atoms with E-state index in [1.165, 1.54) is 10.4 Å². The zero-order valence-corrected chi connectivity index (χ0v) is 25.5. The minimum atomic E-state index is -3.74. The normalized spacial score (nSPS) is 21.3. The van der Waals surface area contributed by atoms with Crippen molar-refractivity contribution in [1.82, 2.24) is 9.21 Å². The summed E-state index contributed by atoms with van der Waals surface area (Å²) in [5.74, 6) is 0.973. The zero-order valence-electron chi connectivity index (χ0n) is 23.1. The van der Waals surface area contributed by atoms with Gasteiger partial charge in [-0.15, -0.1) is 11.3 Å². The van der Waals surface area contributed by atoms with E-state index in [-0.39, 0.29) is 53.5 Å². The maximum atomic E-state index is 13.9. The number of thiophene rings is 1. The lowest BCUT2D eigenvalue weighted by Crippen LogP contribution is -2.51. The fourth-order valence-electron chi connectivity index (χ4n) is 5.52. The molecule has 1 N–H and O–H groups in total. The number of sulfonamides is 1. The number of hydrogen-bond acceptors (Lipinski definition) is 7. The quantitative estimate of drug-likeness (QED) is 0.403. The van der Waals surface area contributed by atoms with Crippen molar-refractivity contribution >= 4 is 50.5 Å². The Kier molecular flexibility index (Phi) is 8.19. The summed E-state index contributed by atoms with van der Waals surface area (Å²) in [6.07, 6.45) is 2.04. The monoisotopic (exact) mass is 629 g/mol. The summed E-state index contributed by atoms with van der Waals surface area (Å²) in [7, 11) is -2.14. The predicted octanol–water partition coefficient (Wildman–Crippen LogP) is 4.80. The van der Waals surface area contributed by atoms with E-state index < -0.39 is 10.0 Å². The van der Waals surface area contributed by atoms with Crippen molar-refractivity contribution in [3.63, 3.8) is 0 Å². The van der Waals surface area contributed by atoms with E-state index in [1.807, 2.05) is 30.3 Å². The largest absolute Gasteiger partial charge is 0.497 e. The van der Waals surface area contributed by atoms with Gasteiger partial charge < -0.3 is 19.7 Å². The SMILES string of the molecule is COc1ccc(CN2C[C@@H]3CN(S(=O)(=O)c4ccc(Cl)s4)CC[C@@H]3Oc3ccc(NC(=O)C4CC4)cc3CC2=O)cc1. The number of anilines is 1. The number of nitrogens with one attached hydrogen (secondary N) is 1. The molecule has 3 aliphatic rings. The van der Waals surface area contributed by atoms with Gasteiger partial charge in [0.25, 0.3) is 10.0 Å². The Bertz CT molecular complexity index is 1590. The van der Waals surface area contributed by atoms with Gasteiger partial charge in [-0.25, -0.2) is 8.42 Å². The van der Waals surface area contributed by atoms with E-state index in [0.29, 0.717) is 40.8 Å². The van der Waals surface area contributed by atoms with Crippen molar-refractivity contribution < 1.29 is 27.5 Å². The molecule has 1 aliphatic carbocycles. The molecule has 2 fully saturated rings. The third kappa shape index (κ3) is 6.29. The maximum absolute atomic E-state index is 13.9. The summed E-state index contributed by atoms with van der Waals surface area (Å²) >= 11 is 7.09. The van der Waals surface area contributed by atoms with E-state index in [9.17, 15) is 18.0 Å². The first-order valence-electron chi connectivity index (χ1n) is 14.0. The van der Waals surface area contributed by atoms with Gasteiger partial charge in [0, 0.05) is 49.3 Å². The first-order chi connectivity index (χ1) is 20.2. The highest BCUT2D eigenvalue weighted by atomic mass is 35.5. The van der Waals surface area contributed by atoms with Crippen LogP contribution in [0.4, 0.5) is 5.69 Å². The molecule has 3 aromatic rings. The molecule has 0 spiro atoms. The second-order valence-corrected chi connectivity index (χ2v) is 14.9. The van der Waals surface area contributed by atoms with Gasteiger partial charge >= 0.3 is 0 Å². The molecule has 1 aromatic heterocycles. The van der Waals surface area contributed by atoms with Crippen LogP contribution in [0.25, 0.3) is 0 Å². The highest BCUT2D eigenvalue weighted by Gasteiger charge is 2.40. The van der Waals surface area contributed by atoms with Crippen molar-refractivity contribution in [1.29, 1.82) is 0 Å². The van der Waals surface area contributed by atoms with Gasteiger partial charge in [0.1, 0.15) is 21.8 Å². The lowest BCUT2D eigenvalue weighted by molar-refractivity contribution is -0.132. The Morgan fingerprint density at radius 1 is 1.10 bits per heavy atom. The summed E-state index contributed by atoms with van der Waals surface area (Å²) in [6, 6.07) is 16.1.